The first-order valence-electron chi connectivity index (χ1n) is 13.3. The first-order chi connectivity index (χ1) is 16.3. The van der Waals surface area contributed by atoms with Crippen molar-refractivity contribution in [1.29, 1.82) is 0 Å². The molecule has 0 aliphatic carbocycles. The average molecular weight is 473 g/mol. The van der Waals surface area contributed by atoms with E-state index in [9.17, 15) is 4.79 Å². The summed E-state index contributed by atoms with van der Waals surface area (Å²) in [7, 11) is 0. The summed E-state index contributed by atoms with van der Waals surface area (Å²) in [5.41, 5.74) is 30.5. The highest BCUT2D eigenvalue weighted by molar-refractivity contribution is 5.79. The summed E-state index contributed by atoms with van der Waals surface area (Å²) in [5.74, 6) is -0.363. The van der Waals surface area contributed by atoms with E-state index in [1.54, 1.807) is 0 Å². The molecular formula is C22H52N10O. The smallest absolute Gasteiger partial charge is 0.235 e. The van der Waals surface area contributed by atoms with E-state index in [1.807, 2.05) is 0 Å². The zero-order valence-electron chi connectivity index (χ0n) is 20.7. The second kappa shape index (κ2) is 24.2. The minimum Gasteiger partial charge on any atom is -0.368 e. The Morgan fingerprint density at radius 1 is 0.485 bits per heavy atom. The minimum absolute atomic E-state index is 0.363. The van der Waals surface area contributed by atoms with Gasteiger partial charge in [0.25, 0.3) is 0 Å². The summed E-state index contributed by atoms with van der Waals surface area (Å²) in [6.45, 7) is 0.903. The molecule has 11 N–H and O–H groups in total. The standard InChI is InChI=1S/C22H52N10O/c23-22(33)21-19-17-15-13-11-9-7-5-3-1-2-4-6-8-10-12-14-16-18-20-24-26-28-30-32-31-29-27-25-21/h21,24-32H,1-20H2,(H2,23,33). The van der Waals surface area contributed by atoms with Gasteiger partial charge in [0.15, 0.2) is 0 Å². The maximum absolute atomic E-state index is 11.6. The molecule has 11 nitrogen and oxygen atoms in total. The van der Waals surface area contributed by atoms with E-state index < -0.39 is 6.04 Å². The number of primary amides is 1. The van der Waals surface area contributed by atoms with Gasteiger partial charge in [0, 0.05) is 6.54 Å². The van der Waals surface area contributed by atoms with Crippen LogP contribution in [0.3, 0.4) is 0 Å². The molecule has 1 atom stereocenters. The Morgan fingerprint density at radius 2 is 0.848 bits per heavy atom. The molecule has 1 aliphatic rings. The lowest BCUT2D eigenvalue weighted by atomic mass is 10.0. The molecule has 1 amide bonds. The summed E-state index contributed by atoms with van der Waals surface area (Å²) >= 11 is 0. The maximum Gasteiger partial charge on any atom is 0.235 e. The zero-order chi connectivity index (χ0) is 23.7. The first kappa shape index (κ1) is 30.1. The van der Waals surface area contributed by atoms with Gasteiger partial charge in [-0.3, -0.25) is 4.79 Å². The molecule has 1 fully saturated rings. The summed E-state index contributed by atoms with van der Waals surface area (Å²) in [6, 6.07) is -0.420. The van der Waals surface area contributed by atoms with Gasteiger partial charge in [-0.05, 0) is 12.8 Å². The monoisotopic (exact) mass is 472 g/mol. The Hall–Kier alpha value is -0.890. The molecule has 0 aromatic rings. The average Bonchev–Trinajstić information content (AvgIpc) is 2.80. The molecule has 0 aromatic heterocycles. The van der Waals surface area contributed by atoms with E-state index in [4.69, 9.17) is 5.73 Å². The lowest BCUT2D eigenvalue weighted by molar-refractivity contribution is -0.120. The number of nitrogens with one attached hydrogen (secondary N) is 9. The van der Waals surface area contributed by atoms with Gasteiger partial charge in [0.1, 0.15) is 6.04 Å². The number of hydrazine groups is 8. The number of rotatable bonds is 1. The molecule has 33 heavy (non-hydrogen) atoms. The summed E-state index contributed by atoms with van der Waals surface area (Å²) < 4.78 is 0. The van der Waals surface area contributed by atoms with Crippen LogP contribution in [0.2, 0.25) is 0 Å². The first-order valence-corrected chi connectivity index (χ1v) is 13.3. The highest BCUT2D eigenvalue weighted by Gasteiger charge is 2.13. The number of carbonyl (C=O) groups excluding carboxylic acids is 1. The molecule has 0 spiro atoms. The number of carbonyl (C=O) groups is 1. The zero-order valence-corrected chi connectivity index (χ0v) is 20.7. The van der Waals surface area contributed by atoms with Crippen LogP contribution >= 0.6 is 0 Å². The highest BCUT2D eigenvalue weighted by Crippen LogP contribution is 2.14. The molecule has 1 unspecified atom stereocenters. The fourth-order valence-electron chi connectivity index (χ4n) is 4.06. The van der Waals surface area contributed by atoms with Crippen molar-refractivity contribution < 1.29 is 4.79 Å². The van der Waals surface area contributed by atoms with Crippen LogP contribution in [0.25, 0.3) is 0 Å². The topological polar surface area (TPSA) is 151 Å². The van der Waals surface area contributed by atoms with Gasteiger partial charge in [0.2, 0.25) is 5.91 Å². The largest absolute Gasteiger partial charge is 0.368 e. The van der Waals surface area contributed by atoms with Gasteiger partial charge in [-0.1, -0.05) is 109 Å². The van der Waals surface area contributed by atoms with Crippen molar-refractivity contribution in [2.75, 3.05) is 6.54 Å². The van der Waals surface area contributed by atoms with Gasteiger partial charge in [-0.25, -0.2) is 10.9 Å². The van der Waals surface area contributed by atoms with E-state index in [1.165, 1.54) is 96.3 Å². The van der Waals surface area contributed by atoms with Gasteiger partial charge in [-0.15, -0.1) is 0 Å². The van der Waals surface area contributed by atoms with Crippen molar-refractivity contribution in [3.63, 3.8) is 0 Å². The van der Waals surface area contributed by atoms with Crippen LogP contribution in [0.5, 0.6) is 0 Å². The molecule has 0 saturated carbocycles. The van der Waals surface area contributed by atoms with Crippen LogP contribution in [-0.2, 0) is 4.79 Å². The van der Waals surface area contributed by atoms with Crippen molar-refractivity contribution in [1.82, 2.24) is 49.6 Å². The lowest BCUT2D eigenvalue weighted by Gasteiger charge is -2.17. The fraction of sp³-hybridized carbons (Fsp3) is 0.955. The Balaban J connectivity index is 2.16. The molecule has 11 heteroatoms. The number of hydrogen-bond donors (Lipinski definition) is 10. The summed E-state index contributed by atoms with van der Waals surface area (Å²) in [6.07, 6.45) is 24.3. The van der Waals surface area contributed by atoms with Crippen molar-refractivity contribution in [3.05, 3.63) is 0 Å². The molecule has 1 heterocycles. The molecule has 0 bridgehead atoms. The number of nitrogens with two attached hydrogens (primary N) is 1. The predicted octanol–water partition coefficient (Wildman–Crippen LogP) is 1.89. The minimum atomic E-state index is -0.420. The fourth-order valence-corrected chi connectivity index (χ4v) is 4.06. The van der Waals surface area contributed by atoms with E-state index in [0.29, 0.717) is 6.42 Å². The molecule has 0 aromatic carbocycles. The normalized spacial score (nSPS) is 25.0. The molecule has 0 radical (unpaired) electrons. The molecule has 1 aliphatic heterocycles. The van der Waals surface area contributed by atoms with Crippen molar-refractivity contribution in [2.45, 2.75) is 128 Å². The van der Waals surface area contributed by atoms with Gasteiger partial charge < -0.3 is 5.73 Å². The number of hydrogen-bond acceptors (Lipinski definition) is 10. The number of amides is 1. The quantitative estimate of drug-likeness (QED) is 0.274. The third-order valence-electron chi connectivity index (χ3n) is 6.10. The van der Waals surface area contributed by atoms with Crippen molar-refractivity contribution >= 4 is 5.91 Å². The Labute approximate surface area is 201 Å². The Morgan fingerprint density at radius 3 is 1.30 bits per heavy atom. The highest BCUT2D eigenvalue weighted by atomic mass is 16.1. The summed E-state index contributed by atoms with van der Waals surface area (Å²) in [4.78, 5) is 11.6. The Kier molecular flexibility index (Phi) is 22.1. The van der Waals surface area contributed by atoms with Crippen molar-refractivity contribution in [3.8, 4) is 0 Å². The molecule has 1 saturated heterocycles. The summed E-state index contributed by atoms with van der Waals surface area (Å²) in [5, 5.41) is 0. The van der Waals surface area contributed by atoms with Crippen LogP contribution in [0.4, 0.5) is 0 Å². The maximum atomic E-state index is 11.6. The second-order valence-corrected chi connectivity index (χ2v) is 9.05. The van der Waals surface area contributed by atoms with Gasteiger partial charge in [0.05, 0.1) is 0 Å². The second-order valence-electron chi connectivity index (χ2n) is 9.05. The third-order valence-corrected chi connectivity index (χ3v) is 6.10. The van der Waals surface area contributed by atoms with Crippen LogP contribution < -0.4 is 55.3 Å². The van der Waals surface area contributed by atoms with Crippen LogP contribution in [-0.4, -0.2) is 18.5 Å². The van der Waals surface area contributed by atoms with Gasteiger partial charge >= 0.3 is 0 Å². The van der Waals surface area contributed by atoms with E-state index in [-0.39, 0.29) is 5.91 Å². The van der Waals surface area contributed by atoms with Crippen molar-refractivity contribution in [2.24, 2.45) is 5.73 Å². The molecule has 1 rings (SSSR count). The van der Waals surface area contributed by atoms with E-state index >= 15 is 0 Å². The Bertz CT molecular complexity index is 400. The van der Waals surface area contributed by atoms with E-state index in [0.717, 1.165) is 25.8 Å². The van der Waals surface area contributed by atoms with Crippen LogP contribution in [0.15, 0.2) is 0 Å². The molecule has 196 valence electrons. The SMILES string of the molecule is NC(=O)C1CCCCCCCCCCCCCCCCCCCCNNNNNNNNN1. The van der Waals surface area contributed by atoms with Gasteiger partial charge in [-0.2, -0.15) is 38.7 Å². The van der Waals surface area contributed by atoms with Crippen LogP contribution in [0, 0.1) is 0 Å². The lowest BCUT2D eigenvalue weighted by Crippen LogP contribution is -2.65. The third kappa shape index (κ3) is 21.4. The predicted molar refractivity (Wildman–Crippen MR) is 134 cm³/mol. The van der Waals surface area contributed by atoms with E-state index in [2.05, 4.69) is 49.6 Å². The van der Waals surface area contributed by atoms with Crippen LogP contribution in [0.1, 0.15) is 122 Å². The molecular weight excluding hydrogens is 420 g/mol.